The Bertz CT molecular complexity index is 531. The van der Waals surface area contributed by atoms with Crippen LogP contribution in [0.25, 0.3) is 0 Å². The predicted molar refractivity (Wildman–Crippen MR) is 114 cm³/mol. The lowest BCUT2D eigenvalue weighted by atomic mass is 9.96. The molecule has 0 saturated carbocycles. The Labute approximate surface area is 167 Å². The normalized spacial score (nSPS) is 26.9. The molecule has 0 saturated heterocycles. The second-order valence-electron chi connectivity index (χ2n) is 9.25. The monoisotopic (exact) mass is 396 g/mol. The molecule has 0 radical (unpaired) electrons. The number of rotatable bonds is 3. The molecule has 0 spiro atoms. The van der Waals surface area contributed by atoms with Gasteiger partial charge in [0.05, 0.1) is 6.10 Å². The number of carbonyl (C=O) groups is 1. The molecular weight excluding hydrogens is 356 g/mol. The van der Waals surface area contributed by atoms with Gasteiger partial charge < -0.3 is 13.9 Å². The van der Waals surface area contributed by atoms with E-state index in [1.54, 1.807) is 7.11 Å². The highest BCUT2D eigenvalue weighted by Crippen LogP contribution is 2.39. The summed E-state index contributed by atoms with van der Waals surface area (Å²) in [6, 6.07) is 0. The summed E-state index contributed by atoms with van der Waals surface area (Å²) in [6.07, 6.45) is 9.55. The van der Waals surface area contributed by atoms with E-state index in [1.165, 1.54) is 0 Å². The number of carbonyl (C=O) groups excluding carboxylic acids is 1. The van der Waals surface area contributed by atoms with Crippen LogP contribution in [0.1, 0.15) is 60.3 Å². The number of hydrogen-bond donors (Lipinski definition) is 0. The molecule has 0 aromatic carbocycles. The zero-order chi connectivity index (χ0) is 20.7. The summed E-state index contributed by atoms with van der Waals surface area (Å²) in [7, 11) is -0.207. The van der Waals surface area contributed by atoms with Crippen LogP contribution in [0.4, 0.5) is 0 Å². The number of allylic oxidation sites excluding steroid dienone is 1. The molecule has 0 aromatic heterocycles. The summed E-state index contributed by atoms with van der Waals surface area (Å²) in [5, 5.41) is 0.127. The SMILES string of the molecule is CO[C@H]1C=CCCCCC(=O)OCC(C)=C[C@@H](C)[C@@H]1O[Si](C)(C)C(C)(C)C. The number of cyclic esters (lactones) is 1. The van der Waals surface area contributed by atoms with E-state index in [0.717, 1.165) is 24.8 Å². The third-order valence-electron chi connectivity index (χ3n) is 5.69. The molecule has 1 aliphatic heterocycles. The van der Waals surface area contributed by atoms with Gasteiger partial charge in [-0.1, -0.05) is 45.9 Å². The second kappa shape index (κ2) is 10.6. The molecule has 0 amide bonds. The first-order chi connectivity index (χ1) is 12.5. The molecular formula is C22H40O4Si. The first-order valence-electron chi connectivity index (χ1n) is 10.2. The zero-order valence-electron chi connectivity index (χ0n) is 18.6. The fourth-order valence-corrected chi connectivity index (χ4v) is 4.32. The minimum absolute atomic E-state index is 0.0688. The molecule has 0 bridgehead atoms. The van der Waals surface area contributed by atoms with E-state index in [0.29, 0.717) is 13.0 Å². The van der Waals surface area contributed by atoms with E-state index < -0.39 is 8.32 Å². The molecule has 0 aliphatic carbocycles. The molecule has 1 aliphatic rings. The number of esters is 1. The highest BCUT2D eigenvalue weighted by atomic mass is 28.4. The van der Waals surface area contributed by atoms with Crippen LogP contribution in [0.2, 0.25) is 18.1 Å². The summed E-state index contributed by atoms with van der Waals surface area (Å²) >= 11 is 0. The number of ether oxygens (including phenoxy) is 2. The fraction of sp³-hybridized carbons (Fsp3) is 0.773. The van der Waals surface area contributed by atoms with Gasteiger partial charge in [0.15, 0.2) is 8.32 Å². The van der Waals surface area contributed by atoms with Crippen LogP contribution >= 0.6 is 0 Å². The maximum Gasteiger partial charge on any atom is 0.306 e. The van der Waals surface area contributed by atoms with Gasteiger partial charge in [-0.15, -0.1) is 0 Å². The van der Waals surface area contributed by atoms with Crippen LogP contribution in [0, 0.1) is 5.92 Å². The van der Waals surface area contributed by atoms with Gasteiger partial charge in [-0.3, -0.25) is 4.79 Å². The quantitative estimate of drug-likeness (QED) is 0.351. The van der Waals surface area contributed by atoms with Gasteiger partial charge in [0.2, 0.25) is 0 Å². The lowest BCUT2D eigenvalue weighted by molar-refractivity contribution is -0.142. The third kappa shape index (κ3) is 7.92. The van der Waals surface area contributed by atoms with Crippen molar-refractivity contribution in [3.8, 4) is 0 Å². The van der Waals surface area contributed by atoms with E-state index in [2.05, 4.69) is 59.0 Å². The fourth-order valence-electron chi connectivity index (χ4n) is 2.93. The maximum absolute atomic E-state index is 11.8. The highest BCUT2D eigenvalue weighted by molar-refractivity contribution is 6.74. The van der Waals surface area contributed by atoms with Crippen molar-refractivity contribution in [3.05, 3.63) is 23.8 Å². The minimum Gasteiger partial charge on any atom is -0.461 e. The molecule has 0 aromatic rings. The van der Waals surface area contributed by atoms with Gasteiger partial charge in [-0.2, -0.15) is 0 Å². The first-order valence-corrected chi connectivity index (χ1v) is 13.1. The highest BCUT2D eigenvalue weighted by Gasteiger charge is 2.41. The van der Waals surface area contributed by atoms with Crippen LogP contribution in [-0.2, 0) is 18.7 Å². The largest absolute Gasteiger partial charge is 0.461 e. The number of methoxy groups -OCH3 is 1. The molecule has 1 rings (SSSR count). The second-order valence-corrected chi connectivity index (χ2v) is 14.0. The van der Waals surface area contributed by atoms with Crippen molar-refractivity contribution < 1.29 is 18.7 Å². The van der Waals surface area contributed by atoms with E-state index in [9.17, 15) is 4.79 Å². The van der Waals surface area contributed by atoms with Crippen molar-refractivity contribution in [2.75, 3.05) is 13.7 Å². The minimum atomic E-state index is -1.96. The third-order valence-corrected chi connectivity index (χ3v) is 10.2. The van der Waals surface area contributed by atoms with Gasteiger partial charge in [0.25, 0.3) is 0 Å². The van der Waals surface area contributed by atoms with Gasteiger partial charge in [0.1, 0.15) is 12.7 Å². The van der Waals surface area contributed by atoms with Crippen LogP contribution in [-0.4, -0.2) is 40.2 Å². The summed E-state index contributed by atoms with van der Waals surface area (Å²) in [4.78, 5) is 11.8. The Kier molecular flexibility index (Phi) is 9.46. The van der Waals surface area contributed by atoms with Crippen molar-refractivity contribution in [1.29, 1.82) is 0 Å². The molecule has 0 fully saturated rings. The van der Waals surface area contributed by atoms with E-state index in [-0.39, 0.29) is 29.1 Å². The molecule has 0 unspecified atom stereocenters. The van der Waals surface area contributed by atoms with Crippen molar-refractivity contribution in [1.82, 2.24) is 0 Å². The zero-order valence-corrected chi connectivity index (χ0v) is 19.6. The molecule has 5 heteroatoms. The summed E-state index contributed by atoms with van der Waals surface area (Å²) in [5.74, 6) is 0.0376. The Balaban J connectivity index is 3.15. The molecule has 0 N–H and O–H groups in total. The predicted octanol–water partition coefficient (Wildman–Crippen LogP) is 5.65. The summed E-state index contributed by atoms with van der Waals surface area (Å²) < 4.78 is 18.0. The Morgan fingerprint density at radius 1 is 1.22 bits per heavy atom. The molecule has 3 atom stereocenters. The Hall–Kier alpha value is -0.913. The average Bonchev–Trinajstić information content (AvgIpc) is 2.56. The standard InChI is InChI=1S/C22H40O4Si/c1-17-15-18(2)21(26-27(7,8)22(3,4)5)19(24-6)13-11-9-10-12-14-20(23)25-16-17/h11,13,15,18-19,21H,9-10,12,14,16H2,1-8H3/t18-,19+,21+/m1/s1. The van der Waals surface area contributed by atoms with Crippen LogP contribution in [0.5, 0.6) is 0 Å². The molecule has 4 nitrogen and oxygen atoms in total. The molecule has 1 heterocycles. The Morgan fingerprint density at radius 2 is 1.89 bits per heavy atom. The smallest absolute Gasteiger partial charge is 0.306 e. The van der Waals surface area contributed by atoms with Crippen molar-refractivity contribution in [2.45, 2.75) is 90.6 Å². The lowest BCUT2D eigenvalue weighted by Gasteiger charge is -2.42. The van der Waals surface area contributed by atoms with E-state index >= 15 is 0 Å². The van der Waals surface area contributed by atoms with Gasteiger partial charge in [0, 0.05) is 19.4 Å². The topological polar surface area (TPSA) is 44.8 Å². The lowest BCUT2D eigenvalue weighted by Crippen LogP contribution is -2.49. The first kappa shape index (κ1) is 24.1. The van der Waals surface area contributed by atoms with Crippen LogP contribution < -0.4 is 0 Å². The van der Waals surface area contributed by atoms with Gasteiger partial charge in [-0.25, -0.2) is 0 Å². The van der Waals surface area contributed by atoms with Gasteiger partial charge >= 0.3 is 5.97 Å². The van der Waals surface area contributed by atoms with Crippen molar-refractivity contribution >= 4 is 14.3 Å². The van der Waals surface area contributed by atoms with E-state index in [4.69, 9.17) is 13.9 Å². The van der Waals surface area contributed by atoms with Crippen LogP contribution in [0.15, 0.2) is 23.8 Å². The van der Waals surface area contributed by atoms with Crippen molar-refractivity contribution in [2.24, 2.45) is 5.92 Å². The maximum atomic E-state index is 11.8. The molecule has 156 valence electrons. The number of hydrogen-bond acceptors (Lipinski definition) is 4. The van der Waals surface area contributed by atoms with Gasteiger partial charge in [-0.05, 0) is 49.9 Å². The average molecular weight is 397 g/mol. The van der Waals surface area contributed by atoms with Crippen LogP contribution in [0.3, 0.4) is 0 Å². The van der Waals surface area contributed by atoms with E-state index in [1.807, 2.05) is 6.92 Å². The molecule has 27 heavy (non-hydrogen) atoms. The Morgan fingerprint density at radius 3 is 2.48 bits per heavy atom. The summed E-state index contributed by atoms with van der Waals surface area (Å²) in [5.41, 5.74) is 1.05. The van der Waals surface area contributed by atoms with Crippen molar-refractivity contribution in [3.63, 3.8) is 0 Å². The summed E-state index contributed by atoms with van der Waals surface area (Å²) in [6.45, 7) is 15.8.